The Kier molecular flexibility index (Phi) is 5.04. The van der Waals surface area contributed by atoms with Gasteiger partial charge in [0.1, 0.15) is 6.04 Å². The average molecular weight is 284 g/mol. The fraction of sp³-hybridized carbons (Fsp3) is 0.188. The van der Waals surface area contributed by atoms with E-state index in [9.17, 15) is 14.7 Å². The van der Waals surface area contributed by atoms with Gasteiger partial charge in [0.05, 0.1) is 6.42 Å². The standard InChI is InChI=1S/C16H16N2O3/c19-15(11-13-8-4-5-9-17-13)18-14(16(20)21)10-12-6-2-1-3-7-12/h1-9,14H,10-11H2,(H,18,19)(H,20,21). The van der Waals surface area contributed by atoms with Crippen LogP contribution in [-0.4, -0.2) is 28.0 Å². The summed E-state index contributed by atoms with van der Waals surface area (Å²) in [4.78, 5) is 27.2. The minimum Gasteiger partial charge on any atom is -0.480 e. The zero-order valence-corrected chi connectivity index (χ0v) is 11.4. The lowest BCUT2D eigenvalue weighted by Crippen LogP contribution is -2.43. The Bertz CT molecular complexity index is 599. The maximum atomic E-state index is 11.9. The number of carbonyl (C=O) groups is 2. The highest BCUT2D eigenvalue weighted by molar-refractivity contribution is 5.84. The molecule has 0 aliphatic carbocycles. The number of aliphatic carboxylic acids is 1. The van der Waals surface area contributed by atoms with Crippen LogP contribution in [0.3, 0.4) is 0 Å². The molecule has 0 saturated heterocycles. The molecule has 0 fully saturated rings. The van der Waals surface area contributed by atoms with Crippen molar-refractivity contribution in [3.63, 3.8) is 0 Å². The molecule has 1 atom stereocenters. The van der Waals surface area contributed by atoms with Crippen LogP contribution in [0.4, 0.5) is 0 Å². The molecule has 0 saturated carbocycles. The van der Waals surface area contributed by atoms with Crippen molar-refractivity contribution < 1.29 is 14.7 Å². The van der Waals surface area contributed by atoms with Crippen LogP contribution in [0.1, 0.15) is 11.3 Å². The summed E-state index contributed by atoms with van der Waals surface area (Å²) in [6.45, 7) is 0. The minimum absolute atomic E-state index is 0.0689. The van der Waals surface area contributed by atoms with Crippen molar-refractivity contribution in [1.29, 1.82) is 0 Å². The summed E-state index contributed by atoms with van der Waals surface area (Å²) >= 11 is 0. The van der Waals surface area contributed by atoms with E-state index < -0.39 is 12.0 Å². The predicted molar refractivity (Wildman–Crippen MR) is 77.7 cm³/mol. The molecule has 0 spiro atoms. The average Bonchev–Trinajstić information content (AvgIpc) is 2.48. The largest absolute Gasteiger partial charge is 0.480 e. The summed E-state index contributed by atoms with van der Waals surface area (Å²) in [7, 11) is 0. The highest BCUT2D eigenvalue weighted by Crippen LogP contribution is 2.04. The summed E-state index contributed by atoms with van der Waals surface area (Å²) in [5.41, 5.74) is 1.47. The molecule has 0 bridgehead atoms. The molecule has 1 amide bonds. The Morgan fingerprint density at radius 3 is 2.43 bits per heavy atom. The van der Waals surface area contributed by atoms with Crippen molar-refractivity contribution >= 4 is 11.9 Å². The molecular weight excluding hydrogens is 268 g/mol. The van der Waals surface area contributed by atoms with Crippen molar-refractivity contribution in [2.24, 2.45) is 0 Å². The van der Waals surface area contributed by atoms with E-state index >= 15 is 0 Å². The number of aromatic nitrogens is 1. The van der Waals surface area contributed by atoms with Crippen molar-refractivity contribution in [2.45, 2.75) is 18.9 Å². The molecule has 108 valence electrons. The number of pyridine rings is 1. The lowest BCUT2D eigenvalue weighted by atomic mass is 10.1. The first-order valence-corrected chi connectivity index (χ1v) is 6.61. The number of carbonyl (C=O) groups excluding carboxylic acids is 1. The molecule has 1 unspecified atom stereocenters. The van der Waals surface area contributed by atoms with Gasteiger partial charge in [-0.25, -0.2) is 4.79 Å². The third-order valence-corrected chi connectivity index (χ3v) is 2.98. The summed E-state index contributed by atoms with van der Waals surface area (Å²) in [5, 5.41) is 11.8. The molecular formula is C16H16N2O3. The van der Waals surface area contributed by atoms with Crippen LogP contribution >= 0.6 is 0 Å². The fourth-order valence-corrected chi connectivity index (χ4v) is 1.96. The Morgan fingerprint density at radius 2 is 1.81 bits per heavy atom. The highest BCUT2D eigenvalue weighted by atomic mass is 16.4. The van der Waals surface area contributed by atoms with Gasteiger partial charge in [-0.3, -0.25) is 9.78 Å². The first-order valence-electron chi connectivity index (χ1n) is 6.61. The van der Waals surface area contributed by atoms with E-state index in [1.54, 1.807) is 24.4 Å². The van der Waals surface area contributed by atoms with Gasteiger partial charge in [0, 0.05) is 18.3 Å². The molecule has 5 heteroatoms. The summed E-state index contributed by atoms with van der Waals surface area (Å²) in [6, 6.07) is 13.5. The fourth-order valence-electron chi connectivity index (χ4n) is 1.96. The molecule has 2 N–H and O–H groups in total. The van der Waals surface area contributed by atoms with Crippen LogP contribution in [0.15, 0.2) is 54.7 Å². The van der Waals surface area contributed by atoms with Gasteiger partial charge in [-0.15, -0.1) is 0 Å². The lowest BCUT2D eigenvalue weighted by molar-refractivity contribution is -0.141. The molecule has 0 aliphatic rings. The molecule has 2 rings (SSSR count). The normalized spacial score (nSPS) is 11.6. The van der Waals surface area contributed by atoms with Gasteiger partial charge in [-0.1, -0.05) is 36.4 Å². The molecule has 5 nitrogen and oxygen atoms in total. The summed E-state index contributed by atoms with van der Waals surface area (Å²) in [5.74, 6) is -1.40. The van der Waals surface area contributed by atoms with Gasteiger partial charge < -0.3 is 10.4 Å². The number of carboxylic acid groups (broad SMARTS) is 1. The van der Waals surface area contributed by atoms with Gasteiger partial charge in [-0.2, -0.15) is 0 Å². The smallest absolute Gasteiger partial charge is 0.326 e. The summed E-state index contributed by atoms with van der Waals surface area (Å²) in [6.07, 6.45) is 1.92. The maximum absolute atomic E-state index is 11.9. The van der Waals surface area contributed by atoms with Gasteiger partial charge in [0.15, 0.2) is 0 Å². The maximum Gasteiger partial charge on any atom is 0.326 e. The number of amides is 1. The van der Waals surface area contributed by atoms with E-state index in [2.05, 4.69) is 10.3 Å². The van der Waals surface area contributed by atoms with E-state index in [4.69, 9.17) is 0 Å². The zero-order chi connectivity index (χ0) is 15.1. The van der Waals surface area contributed by atoms with E-state index in [1.165, 1.54) is 0 Å². The Balaban J connectivity index is 1.96. The Labute approximate surface area is 122 Å². The predicted octanol–water partition coefficient (Wildman–Crippen LogP) is 1.44. The van der Waals surface area contributed by atoms with Gasteiger partial charge >= 0.3 is 5.97 Å². The van der Waals surface area contributed by atoms with Crippen LogP contribution in [0.25, 0.3) is 0 Å². The molecule has 1 aromatic carbocycles. The van der Waals surface area contributed by atoms with Crippen LogP contribution in [0.5, 0.6) is 0 Å². The van der Waals surface area contributed by atoms with Gasteiger partial charge in [0.25, 0.3) is 0 Å². The number of nitrogens with one attached hydrogen (secondary N) is 1. The van der Waals surface area contributed by atoms with Crippen LogP contribution in [0, 0.1) is 0 Å². The van der Waals surface area contributed by atoms with Crippen LogP contribution in [0.2, 0.25) is 0 Å². The number of rotatable bonds is 6. The molecule has 0 radical (unpaired) electrons. The first kappa shape index (κ1) is 14.7. The molecule has 2 aromatic rings. The van der Waals surface area contributed by atoms with Crippen molar-refractivity contribution in [3.8, 4) is 0 Å². The topological polar surface area (TPSA) is 79.3 Å². The van der Waals surface area contributed by atoms with Gasteiger partial charge in [-0.05, 0) is 17.7 Å². The molecule has 21 heavy (non-hydrogen) atoms. The van der Waals surface area contributed by atoms with Crippen molar-refractivity contribution in [1.82, 2.24) is 10.3 Å². The third-order valence-electron chi connectivity index (χ3n) is 2.98. The number of benzene rings is 1. The monoisotopic (exact) mass is 284 g/mol. The number of hydrogen-bond acceptors (Lipinski definition) is 3. The van der Waals surface area contributed by atoms with Crippen LogP contribution in [-0.2, 0) is 22.4 Å². The minimum atomic E-state index is -1.05. The van der Waals surface area contributed by atoms with E-state index in [-0.39, 0.29) is 18.7 Å². The van der Waals surface area contributed by atoms with E-state index in [0.717, 1.165) is 5.56 Å². The molecule has 1 heterocycles. The summed E-state index contributed by atoms with van der Waals surface area (Å²) < 4.78 is 0. The number of hydrogen-bond donors (Lipinski definition) is 2. The highest BCUT2D eigenvalue weighted by Gasteiger charge is 2.20. The third kappa shape index (κ3) is 4.72. The number of carboxylic acids is 1. The quantitative estimate of drug-likeness (QED) is 0.841. The second-order valence-corrected chi connectivity index (χ2v) is 4.65. The van der Waals surface area contributed by atoms with Crippen LogP contribution < -0.4 is 5.32 Å². The SMILES string of the molecule is O=C(Cc1ccccn1)NC(Cc1ccccc1)C(=O)O. The Morgan fingerprint density at radius 1 is 1.10 bits per heavy atom. The molecule has 1 aromatic heterocycles. The van der Waals surface area contributed by atoms with Gasteiger partial charge in [0.2, 0.25) is 5.91 Å². The van der Waals surface area contributed by atoms with E-state index in [0.29, 0.717) is 5.69 Å². The lowest BCUT2D eigenvalue weighted by Gasteiger charge is -2.14. The second-order valence-electron chi connectivity index (χ2n) is 4.65. The van der Waals surface area contributed by atoms with Crippen molar-refractivity contribution in [2.75, 3.05) is 0 Å². The Hall–Kier alpha value is -2.69. The van der Waals surface area contributed by atoms with E-state index in [1.807, 2.05) is 30.3 Å². The number of nitrogens with zero attached hydrogens (tertiary/aromatic N) is 1. The molecule has 0 aliphatic heterocycles. The van der Waals surface area contributed by atoms with Crippen molar-refractivity contribution in [3.05, 3.63) is 66.0 Å². The second kappa shape index (κ2) is 7.19. The first-order chi connectivity index (χ1) is 10.1. The zero-order valence-electron chi connectivity index (χ0n) is 11.4.